The van der Waals surface area contributed by atoms with Crippen molar-refractivity contribution in [3.05, 3.63) is 52.3 Å². The smallest absolute Gasteiger partial charge is 0.275 e. The number of carbonyl (C=O) groups is 1. The van der Waals surface area contributed by atoms with Crippen LogP contribution in [0.1, 0.15) is 10.5 Å². The average molecular weight is 286 g/mol. The van der Waals surface area contributed by atoms with Gasteiger partial charge in [0.05, 0.1) is 23.1 Å². The van der Waals surface area contributed by atoms with E-state index in [1.807, 2.05) is 0 Å². The third kappa shape index (κ3) is 2.94. The van der Waals surface area contributed by atoms with E-state index in [-0.39, 0.29) is 15.9 Å². The molecule has 0 saturated heterocycles. The van der Waals surface area contributed by atoms with E-state index >= 15 is 0 Å². The molecular weight excluding hydrogens is 280 g/mol. The van der Waals surface area contributed by atoms with Crippen molar-refractivity contribution in [1.82, 2.24) is 9.97 Å². The number of carbonyl (C=O) groups excluding carboxylic acids is 1. The number of anilines is 1. The van der Waals surface area contributed by atoms with Crippen molar-refractivity contribution >= 4 is 34.8 Å². The predicted molar refractivity (Wildman–Crippen MR) is 66.4 cm³/mol. The molecule has 18 heavy (non-hydrogen) atoms. The molecule has 0 aliphatic carbocycles. The molecule has 0 unspecified atom stereocenters. The van der Waals surface area contributed by atoms with Gasteiger partial charge in [0.2, 0.25) is 0 Å². The zero-order valence-electron chi connectivity index (χ0n) is 8.82. The molecule has 1 heterocycles. The van der Waals surface area contributed by atoms with Gasteiger partial charge in [-0.05, 0) is 18.2 Å². The van der Waals surface area contributed by atoms with Crippen LogP contribution in [0, 0.1) is 5.82 Å². The van der Waals surface area contributed by atoms with Gasteiger partial charge < -0.3 is 5.32 Å². The number of halogens is 3. The summed E-state index contributed by atoms with van der Waals surface area (Å²) in [4.78, 5) is 19.3. The Morgan fingerprint density at radius 1 is 1.22 bits per heavy atom. The predicted octanol–water partition coefficient (Wildman–Crippen LogP) is 3.17. The number of hydrogen-bond donors (Lipinski definition) is 1. The second-order valence-corrected chi connectivity index (χ2v) is 4.10. The van der Waals surface area contributed by atoms with Crippen LogP contribution >= 0.6 is 23.2 Å². The van der Waals surface area contributed by atoms with Crippen LogP contribution in [0.2, 0.25) is 10.2 Å². The Morgan fingerprint density at radius 3 is 2.61 bits per heavy atom. The van der Waals surface area contributed by atoms with Crippen molar-refractivity contribution in [1.29, 1.82) is 0 Å². The monoisotopic (exact) mass is 285 g/mol. The van der Waals surface area contributed by atoms with Gasteiger partial charge in [0, 0.05) is 0 Å². The quantitative estimate of drug-likeness (QED) is 0.922. The summed E-state index contributed by atoms with van der Waals surface area (Å²) < 4.78 is 12.8. The number of benzene rings is 1. The van der Waals surface area contributed by atoms with Gasteiger partial charge in [0.1, 0.15) is 16.7 Å². The van der Waals surface area contributed by atoms with Crippen molar-refractivity contribution < 1.29 is 9.18 Å². The fourth-order valence-corrected chi connectivity index (χ4v) is 1.52. The summed E-state index contributed by atoms with van der Waals surface area (Å²) in [5, 5.41) is 2.78. The molecule has 92 valence electrons. The lowest BCUT2D eigenvalue weighted by Crippen LogP contribution is -2.14. The van der Waals surface area contributed by atoms with Crippen LogP contribution in [0.25, 0.3) is 0 Å². The molecule has 1 amide bonds. The maximum atomic E-state index is 12.8. The minimum atomic E-state index is -0.507. The van der Waals surface area contributed by atoms with Crippen molar-refractivity contribution in [2.75, 3.05) is 5.32 Å². The van der Waals surface area contributed by atoms with E-state index in [1.54, 1.807) is 0 Å². The van der Waals surface area contributed by atoms with Gasteiger partial charge in [-0.15, -0.1) is 0 Å². The molecule has 0 fully saturated rings. The minimum absolute atomic E-state index is 0.0831. The van der Waals surface area contributed by atoms with Crippen molar-refractivity contribution in [2.24, 2.45) is 0 Å². The summed E-state index contributed by atoms with van der Waals surface area (Å²) in [6.07, 6.45) is 2.48. The summed E-state index contributed by atoms with van der Waals surface area (Å²) in [7, 11) is 0. The molecule has 0 saturated carbocycles. The van der Waals surface area contributed by atoms with Gasteiger partial charge in [-0.2, -0.15) is 0 Å². The molecule has 0 aliphatic heterocycles. The largest absolute Gasteiger partial charge is 0.319 e. The number of amides is 1. The van der Waals surface area contributed by atoms with Gasteiger partial charge in [-0.1, -0.05) is 23.2 Å². The third-order valence-electron chi connectivity index (χ3n) is 2.03. The Bertz CT molecular complexity index is 589. The Morgan fingerprint density at radius 2 is 2.00 bits per heavy atom. The molecular formula is C11H6Cl2FN3O. The second kappa shape index (κ2) is 5.29. The van der Waals surface area contributed by atoms with Gasteiger partial charge in [0.15, 0.2) is 0 Å². The number of nitrogens with zero attached hydrogens (tertiary/aromatic N) is 2. The first-order valence-electron chi connectivity index (χ1n) is 4.80. The van der Waals surface area contributed by atoms with Crippen LogP contribution in [-0.4, -0.2) is 15.9 Å². The molecule has 1 aromatic heterocycles. The molecule has 2 rings (SSSR count). The fourth-order valence-electron chi connectivity index (χ4n) is 1.21. The molecule has 1 N–H and O–H groups in total. The highest BCUT2D eigenvalue weighted by Crippen LogP contribution is 2.22. The highest BCUT2D eigenvalue weighted by atomic mass is 35.5. The summed E-state index contributed by atoms with van der Waals surface area (Å²) in [5.41, 5.74) is 0.375. The van der Waals surface area contributed by atoms with E-state index in [1.165, 1.54) is 24.5 Å². The number of aromatic nitrogens is 2. The first kappa shape index (κ1) is 12.7. The summed E-state index contributed by atoms with van der Waals surface area (Å²) >= 11 is 11.3. The minimum Gasteiger partial charge on any atom is -0.319 e. The van der Waals surface area contributed by atoms with Crippen LogP contribution in [0.15, 0.2) is 30.6 Å². The van der Waals surface area contributed by atoms with E-state index in [4.69, 9.17) is 23.2 Å². The first-order valence-corrected chi connectivity index (χ1v) is 5.56. The molecule has 7 heteroatoms. The lowest BCUT2D eigenvalue weighted by molar-refractivity contribution is 0.102. The summed E-state index contributed by atoms with van der Waals surface area (Å²) in [6, 6.07) is 3.65. The highest BCUT2D eigenvalue weighted by molar-refractivity contribution is 6.33. The average Bonchev–Trinajstić information content (AvgIpc) is 2.33. The zero-order chi connectivity index (χ0) is 13.1. The zero-order valence-corrected chi connectivity index (χ0v) is 10.3. The third-order valence-corrected chi connectivity index (χ3v) is 2.54. The Kier molecular flexibility index (Phi) is 3.74. The van der Waals surface area contributed by atoms with E-state index < -0.39 is 11.7 Å². The Labute approximate surface area is 112 Å². The van der Waals surface area contributed by atoms with Crippen LogP contribution < -0.4 is 5.32 Å². The van der Waals surface area contributed by atoms with Crippen LogP contribution in [0.4, 0.5) is 10.1 Å². The van der Waals surface area contributed by atoms with Gasteiger partial charge in [0.25, 0.3) is 5.91 Å². The first-order chi connectivity index (χ1) is 8.56. The molecule has 1 aromatic carbocycles. The summed E-state index contributed by atoms with van der Waals surface area (Å²) in [5.74, 6) is -0.989. The number of hydrogen-bond acceptors (Lipinski definition) is 3. The topological polar surface area (TPSA) is 54.9 Å². The molecule has 2 aromatic rings. The Hall–Kier alpha value is -1.72. The van der Waals surface area contributed by atoms with E-state index in [2.05, 4.69) is 15.3 Å². The van der Waals surface area contributed by atoms with Crippen LogP contribution in [0.5, 0.6) is 0 Å². The van der Waals surface area contributed by atoms with Crippen molar-refractivity contribution in [3.8, 4) is 0 Å². The SMILES string of the molecule is O=C(Nc1ccc(F)cc1Cl)c1cnc(Cl)cn1. The number of nitrogens with one attached hydrogen (secondary N) is 1. The molecule has 0 aliphatic rings. The van der Waals surface area contributed by atoms with Gasteiger partial charge >= 0.3 is 0 Å². The van der Waals surface area contributed by atoms with E-state index in [0.29, 0.717) is 5.69 Å². The summed E-state index contributed by atoms with van der Waals surface area (Å²) in [6.45, 7) is 0. The van der Waals surface area contributed by atoms with E-state index in [9.17, 15) is 9.18 Å². The Balaban J connectivity index is 2.18. The fraction of sp³-hybridized carbons (Fsp3) is 0. The maximum Gasteiger partial charge on any atom is 0.275 e. The van der Waals surface area contributed by atoms with Gasteiger partial charge in [-0.25, -0.2) is 14.4 Å². The lowest BCUT2D eigenvalue weighted by Gasteiger charge is -2.06. The molecule has 0 bridgehead atoms. The van der Waals surface area contributed by atoms with Crippen molar-refractivity contribution in [2.45, 2.75) is 0 Å². The maximum absolute atomic E-state index is 12.8. The molecule has 0 spiro atoms. The standard InChI is InChI=1S/C11H6Cl2FN3O/c12-7-3-6(14)1-2-8(7)17-11(18)9-4-16-10(13)5-15-9/h1-5H,(H,17,18). The molecule has 4 nitrogen and oxygen atoms in total. The lowest BCUT2D eigenvalue weighted by atomic mass is 10.3. The normalized spacial score (nSPS) is 10.2. The highest BCUT2D eigenvalue weighted by Gasteiger charge is 2.10. The van der Waals surface area contributed by atoms with Crippen LogP contribution in [0.3, 0.4) is 0 Å². The van der Waals surface area contributed by atoms with Crippen molar-refractivity contribution in [3.63, 3.8) is 0 Å². The number of rotatable bonds is 2. The molecule has 0 atom stereocenters. The van der Waals surface area contributed by atoms with E-state index in [0.717, 1.165) is 6.07 Å². The molecule has 0 radical (unpaired) electrons. The second-order valence-electron chi connectivity index (χ2n) is 3.30. The van der Waals surface area contributed by atoms with Crippen LogP contribution in [-0.2, 0) is 0 Å². The van der Waals surface area contributed by atoms with Gasteiger partial charge in [-0.3, -0.25) is 4.79 Å².